The molecule has 0 aliphatic heterocycles. The zero-order valence-electron chi connectivity index (χ0n) is 8.64. The van der Waals surface area contributed by atoms with Gasteiger partial charge in [-0.05, 0) is 30.7 Å². The summed E-state index contributed by atoms with van der Waals surface area (Å²) in [5, 5.41) is 19.0. The van der Waals surface area contributed by atoms with Gasteiger partial charge in [-0.2, -0.15) is 5.26 Å². The summed E-state index contributed by atoms with van der Waals surface area (Å²) in [6.07, 6.45) is 0.360. The first-order valence-corrected chi connectivity index (χ1v) is 5.56. The average molecular weight is 238 g/mol. The van der Waals surface area contributed by atoms with E-state index in [9.17, 15) is 5.11 Å². The summed E-state index contributed by atoms with van der Waals surface area (Å²) in [5.74, 6) is 0.453. The SMILES string of the molecule is N#C[C@H]1C[C@@H](O)C[C@@H]1Oc1ccc(Cl)cc1. The zero-order chi connectivity index (χ0) is 11.5. The van der Waals surface area contributed by atoms with Gasteiger partial charge in [0.25, 0.3) is 0 Å². The molecule has 84 valence electrons. The van der Waals surface area contributed by atoms with Gasteiger partial charge in [0.05, 0.1) is 18.1 Å². The molecule has 0 heterocycles. The minimum atomic E-state index is -0.429. The highest BCUT2D eigenvalue weighted by atomic mass is 35.5. The molecule has 0 radical (unpaired) electrons. The fourth-order valence-corrected chi connectivity index (χ4v) is 2.05. The summed E-state index contributed by atoms with van der Waals surface area (Å²) in [6.45, 7) is 0. The van der Waals surface area contributed by atoms with E-state index in [4.69, 9.17) is 21.6 Å². The second kappa shape index (κ2) is 4.73. The Morgan fingerprint density at radius 1 is 1.31 bits per heavy atom. The van der Waals surface area contributed by atoms with Crippen molar-refractivity contribution < 1.29 is 9.84 Å². The lowest BCUT2D eigenvalue weighted by atomic mass is 10.1. The predicted molar refractivity (Wildman–Crippen MR) is 60.2 cm³/mol. The van der Waals surface area contributed by atoms with Crippen molar-refractivity contribution in [1.29, 1.82) is 5.26 Å². The Morgan fingerprint density at radius 3 is 2.62 bits per heavy atom. The van der Waals surface area contributed by atoms with Crippen LogP contribution in [0.15, 0.2) is 24.3 Å². The van der Waals surface area contributed by atoms with Crippen LogP contribution in [0.2, 0.25) is 5.02 Å². The lowest BCUT2D eigenvalue weighted by molar-refractivity contribution is 0.146. The molecule has 1 saturated carbocycles. The molecular weight excluding hydrogens is 226 g/mol. The summed E-state index contributed by atoms with van der Waals surface area (Å²) in [5.41, 5.74) is 0. The second-order valence-corrected chi connectivity index (χ2v) is 4.41. The molecule has 1 aromatic carbocycles. The first kappa shape index (κ1) is 11.3. The van der Waals surface area contributed by atoms with Crippen molar-refractivity contribution >= 4 is 11.6 Å². The first-order valence-electron chi connectivity index (χ1n) is 5.19. The molecule has 3 nitrogen and oxygen atoms in total. The van der Waals surface area contributed by atoms with Gasteiger partial charge in [0.15, 0.2) is 0 Å². The van der Waals surface area contributed by atoms with Gasteiger partial charge in [-0.1, -0.05) is 11.6 Å². The minimum absolute atomic E-state index is 0.221. The van der Waals surface area contributed by atoms with E-state index in [1.807, 2.05) is 0 Å². The zero-order valence-corrected chi connectivity index (χ0v) is 9.39. The quantitative estimate of drug-likeness (QED) is 0.859. The molecule has 1 aliphatic carbocycles. The fourth-order valence-electron chi connectivity index (χ4n) is 1.93. The maximum Gasteiger partial charge on any atom is 0.119 e. The fraction of sp³-hybridized carbons (Fsp3) is 0.417. The number of aliphatic hydroxyl groups is 1. The van der Waals surface area contributed by atoms with Crippen molar-refractivity contribution in [2.24, 2.45) is 5.92 Å². The number of ether oxygens (including phenoxy) is 1. The molecule has 1 fully saturated rings. The predicted octanol–water partition coefficient (Wildman–Crippen LogP) is 2.38. The van der Waals surface area contributed by atoms with Crippen LogP contribution in [0, 0.1) is 17.2 Å². The van der Waals surface area contributed by atoms with Gasteiger partial charge in [-0.25, -0.2) is 0 Å². The maximum atomic E-state index is 9.47. The molecule has 0 amide bonds. The van der Waals surface area contributed by atoms with E-state index in [1.54, 1.807) is 24.3 Å². The molecular formula is C12H12ClNO2. The van der Waals surface area contributed by atoms with Crippen LogP contribution in [0.4, 0.5) is 0 Å². The molecule has 2 rings (SSSR count). The molecule has 1 aromatic rings. The highest BCUT2D eigenvalue weighted by molar-refractivity contribution is 6.30. The third-order valence-electron chi connectivity index (χ3n) is 2.75. The van der Waals surface area contributed by atoms with Crippen LogP contribution in [0.25, 0.3) is 0 Å². The topological polar surface area (TPSA) is 53.2 Å². The summed E-state index contributed by atoms with van der Waals surface area (Å²) >= 11 is 5.76. The number of aliphatic hydroxyl groups excluding tert-OH is 1. The molecule has 0 bridgehead atoms. The van der Waals surface area contributed by atoms with Crippen LogP contribution in [-0.4, -0.2) is 17.3 Å². The summed E-state index contributed by atoms with van der Waals surface area (Å²) in [4.78, 5) is 0. The Hall–Kier alpha value is -1.24. The van der Waals surface area contributed by atoms with E-state index in [0.29, 0.717) is 23.6 Å². The van der Waals surface area contributed by atoms with Crippen LogP contribution >= 0.6 is 11.6 Å². The molecule has 16 heavy (non-hydrogen) atoms. The molecule has 0 saturated heterocycles. The minimum Gasteiger partial charge on any atom is -0.489 e. The number of nitriles is 1. The Kier molecular flexibility index (Phi) is 3.33. The first-order chi connectivity index (χ1) is 7.69. The average Bonchev–Trinajstić information content (AvgIpc) is 2.62. The van der Waals surface area contributed by atoms with Gasteiger partial charge in [-0.3, -0.25) is 0 Å². The van der Waals surface area contributed by atoms with Gasteiger partial charge in [-0.15, -0.1) is 0 Å². The van der Waals surface area contributed by atoms with E-state index in [1.165, 1.54) is 0 Å². The van der Waals surface area contributed by atoms with Crippen molar-refractivity contribution in [2.45, 2.75) is 25.0 Å². The molecule has 4 heteroatoms. The maximum absolute atomic E-state index is 9.47. The lowest BCUT2D eigenvalue weighted by Crippen LogP contribution is -2.20. The van der Waals surface area contributed by atoms with Crippen LogP contribution in [-0.2, 0) is 0 Å². The lowest BCUT2D eigenvalue weighted by Gasteiger charge is -2.15. The van der Waals surface area contributed by atoms with E-state index in [2.05, 4.69) is 6.07 Å². The summed E-state index contributed by atoms with van der Waals surface area (Å²) in [7, 11) is 0. The van der Waals surface area contributed by atoms with Crippen LogP contribution in [0.1, 0.15) is 12.8 Å². The van der Waals surface area contributed by atoms with Gasteiger partial charge in [0, 0.05) is 11.4 Å². The third-order valence-corrected chi connectivity index (χ3v) is 3.00. The highest BCUT2D eigenvalue weighted by Gasteiger charge is 2.34. The van der Waals surface area contributed by atoms with E-state index in [-0.39, 0.29) is 12.0 Å². The van der Waals surface area contributed by atoms with Crippen LogP contribution < -0.4 is 4.74 Å². The third kappa shape index (κ3) is 2.46. The molecule has 1 N–H and O–H groups in total. The largest absolute Gasteiger partial charge is 0.489 e. The van der Waals surface area contributed by atoms with Crippen molar-refractivity contribution in [2.75, 3.05) is 0 Å². The number of halogens is 1. The van der Waals surface area contributed by atoms with Gasteiger partial charge in [0.2, 0.25) is 0 Å². The second-order valence-electron chi connectivity index (χ2n) is 3.97. The van der Waals surface area contributed by atoms with Crippen molar-refractivity contribution in [3.63, 3.8) is 0 Å². The molecule has 0 unspecified atom stereocenters. The Bertz CT molecular complexity index is 398. The normalized spacial score (nSPS) is 28.7. The number of hydrogen-bond donors (Lipinski definition) is 1. The summed E-state index contributed by atoms with van der Waals surface area (Å²) < 4.78 is 5.66. The number of rotatable bonds is 2. The van der Waals surface area contributed by atoms with Crippen molar-refractivity contribution in [1.82, 2.24) is 0 Å². The number of hydrogen-bond acceptors (Lipinski definition) is 3. The van der Waals surface area contributed by atoms with E-state index < -0.39 is 6.10 Å². The monoisotopic (exact) mass is 237 g/mol. The van der Waals surface area contributed by atoms with Crippen molar-refractivity contribution in [3.8, 4) is 11.8 Å². The van der Waals surface area contributed by atoms with Crippen LogP contribution in [0.3, 0.4) is 0 Å². The standard InChI is InChI=1S/C12H12ClNO2/c13-9-1-3-11(4-2-9)16-12-6-10(15)5-8(12)7-14/h1-4,8,10,12,15H,5-6H2/t8-,10-,12+/m1/s1. The Morgan fingerprint density at radius 2 is 2.00 bits per heavy atom. The van der Waals surface area contributed by atoms with Crippen LogP contribution in [0.5, 0.6) is 5.75 Å². The Balaban J connectivity index is 2.04. The molecule has 1 aliphatic rings. The smallest absolute Gasteiger partial charge is 0.119 e. The van der Waals surface area contributed by atoms with E-state index >= 15 is 0 Å². The highest BCUT2D eigenvalue weighted by Crippen LogP contribution is 2.30. The molecule has 3 atom stereocenters. The number of benzene rings is 1. The molecule has 0 aromatic heterocycles. The Labute approximate surface area is 99.2 Å². The van der Waals surface area contributed by atoms with Gasteiger partial charge in [0.1, 0.15) is 11.9 Å². The van der Waals surface area contributed by atoms with Gasteiger partial charge < -0.3 is 9.84 Å². The van der Waals surface area contributed by atoms with Crippen molar-refractivity contribution in [3.05, 3.63) is 29.3 Å². The molecule has 0 spiro atoms. The van der Waals surface area contributed by atoms with Gasteiger partial charge >= 0.3 is 0 Å². The number of nitrogens with zero attached hydrogens (tertiary/aromatic N) is 1. The van der Waals surface area contributed by atoms with E-state index in [0.717, 1.165) is 0 Å². The summed E-state index contributed by atoms with van der Waals surface area (Å²) in [6, 6.07) is 9.18.